The summed E-state index contributed by atoms with van der Waals surface area (Å²) >= 11 is 0. The first-order chi connectivity index (χ1) is 18.5. The zero-order valence-electron chi connectivity index (χ0n) is 21.3. The van der Waals surface area contributed by atoms with Gasteiger partial charge in [0.25, 0.3) is 0 Å². The van der Waals surface area contributed by atoms with Crippen molar-refractivity contribution in [3.8, 4) is 0 Å². The van der Waals surface area contributed by atoms with Crippen molar-refractivity contribution in [2.45, 2.75) is 62.5 Å². The van der Waals surface area contributed by atoms with Gasteiger partial charge in [0.05, 0.1) is 42.0 Å². The average molecular weight is 550 g/mol. The molecule has 208 valence electrons. The molecular formula is C30H29F6NO2. The maximum absolute atomic E-state index is 13.5. The van der Waals surface area contributed by atoms with Crippen LogP contribution >= 0.6 is 0 Å². The molecule has 0 N–H and O–H groups in total. The molecule has 2 saturated heterocycles. The molecule has 9 heteroatoms. The van der Waals surface area contributed by atoms with Crippen LogP contribution in [0.2, 0.25) is 0 Å². The maximum Gasteiger partial charge on any atom is 0.416 e. The topological polar surface area (TPSA) is 21.7 Å². The zero-order valence-corrected chi connectivity index (χ0v) is 21.3. The number of halogens is 6. The molecule has 0 radical (unpaired) electrons. The van der Waals surface area contributed by atoms with Crippen LogP contribution in [-0.4, -0.2) is 24.3 Å². The Morgan fingerprint density at radius 2 is 1.49 bits per heavy atom. The molecule has 2 aliphatic heterocycles. The van der Waals surface area contributed by atoms with Gasteiger partial charge in [-0.25, -0.2) is 0 Å². The van der Waals surface area contributed by atoms with Gasteiger partial charge in [0.1, 0.15) is 6.23 Å². The van der Waals surface area contributed by atoms with E-state index in [1.165, 1.54) is 6.92 Å². The van der Waals surface area contributed by atoms with Crippen LogP contribution in [0.4, 0.5) is 26.3 Å². The summed E-state index contributed by atoms with van der Waals surface area (Å²) in [5.41, 5.74) is -1.53. The molecule has 39 heavy (non-hydrogen) atoms. The highest BCUT2D eigenvalue weighted by Crippen LogP contribution is 2.50. The van der Waals surface area contributed by atoms with E-state index in [0.29, 0.717) is 13.0 Å². The third-order valence-corrected chi connectivity index (χ3v) is 7.78. The van der Waals surface area contributed by atoms with Gasteiger partial charge in [-0.2, -0.15) is 26.3 Å². The van der Waals surface area contributed by atoms with Crippen molar-refractivity contribution < 1.29 is 35.8 Å². The highest BCUT2D eigenvalue weighted by Gasteiger charge is 2.52. The van der Waals surface area contributed by atoms with E-state index in [2.05, 4.69) is 4.90 Å². The third kappa shape index (κ3) is 5.58. The number of piperidine rings is 1. The summed E-state index contributed by atoms with van der Waals surface area (Å²) in [6, 6.07) is 21.2. The van der Waals surface area contributed by atoms with E-state index >= 15 is 0 Å². The van der Waals surface area contributed by atoms with E-state index in [1.807, 2.05) is 60.7 Å². The predicted molar refractivity (Wildman–Crippen MR) is 134 cm³/mol. The van der Waals surface area contributed by atoms with Crippen LogP contribution in [0.3, 0.4) is 0 Å². The first-order valence-corrected chi connectivity index (χ1v) is 12.9. The van der Waals surface area contributed by atoms with Gasteiger partial charge >= 0.3 is 12.4 Å². The largest absolute Gasteiger partial charge is 0.416 e. The molecule has 0 aromatic heterocycles. The maximum atomic E-state index is 13.5. The van der Waals surface area contributed by atoms with Gasteiger partial charge in [-0.3, -0.25) is 4.90 Å². The monoisotopic (exact) mass is 549 g/mol. The van der Waals surface area contributed by atoms with Crippen molar-refractivity contribution in [2.24, 2.45) is 0 Å². The zero-order chi connectivity index (χ0) is 27.8. The van der Waals surface area contributed by atoms with E-state index in [0.717, 1.165) is 36.1 Å². The minimum absolute atomic E-state index is 0.0684. The van der Waals surface area contributed by atoms with Crippen molar-refractivity contribution in [1.29, 1.82) is 0 Å². The molecule has 2 aliphatic rings. The molecule has 0 saturated carbocycles. The summed E-state index contributed by atoms with van der Waals surface area (Å²) in [4.78, 5) is 2.29. The Morgan fingerprint density at radius 3 is 2.08 bits per heavy atom. The van der Waals surface area contributed by atoms with Crippen LogP contribution in [0.25, 0.3) is 0 Å². The second-order valence-electron chi connectivity index (χ2n) is 10.2. The van der Waals surface area contributed by atoms with Gasteiger partial charge in [0, 0.05) is 0 Å². The predicted octanol–water partition coefficient (Wildman–Crippen LogP) is 8.28. The Labute approximate surface area is 223 Å². The molecule has 2 fully saturated rings. The molecule has 0 spiro atoms. The van der Waals surface area contributed by atoms with E-state index in [-0.39, 0.29) is 30.5 Å². The van der Waals surface area contributed by atoms with E-state index < -0.39 is 35.1 Å². The number of alkyl halides is 6. The summed E-state index contributed by atoms with van der Waals surface area (Å²) in [5, 5.41) is 0. The standard InChI is InChI=1S/C30H29F6NO2/c1-20(22-15-24(29(31,32)33)17-25(16-22)30(34,35)36)39-19-28(23-11-6-3-7-12-23)14-8-13-27-37(28)26(18-38-27)21-9-4-2-5-10-21/h2-7,9-12,15-17,20,26-27H,8,13-14,18-19H2,1H3/t20-,26+,27-,28-/m1/s1. The lowest BCUT2D eigenvalue weighted by molar-refractivity contribution is -0.143. The molecule has 5 rings (SSSR count). The first kappa shape index (κ1) is 27.7. The molecule has 3 aromatic carbocycles. The summed E-state index contributed by atoms with van der Waals surface area (Å²) < 4.78 is 93.3. The lowest BCUT2D eigenvalue weighted by atomic mass is 9.79. The fraction of sp³-hybridized carbons (Fsp3) is 0.400. The highest BCUT2D eigenvalue weighted by atomic mass is 19.4. The summed E-state index contributed by atoms with van der Waals surface area (Å²) in [6.45, 7) is 2.03. The Kier molecular flexibility index (Phi) is 7.52. The lowest BCUT2D eigenvalue weighted by Crippen LogP contribution is -2.55. The molecule has 0 bridgehead atoms. The molecular weight excluding hydrogens is 520 g/mol. The molecule has 0 unspecified atom stereocenters. The van der Waals surface area contributed by atoms with E-state index in [9.17, 15) is 26.3 Å². The first-order valence-electron chi connectivity index (χ1n) is 12.9. The molecule has 2 heterocycles. The number of hydrogen-bond donors (Lipinski definition) is 0. The number of nitrogens with zero attached hydrogens (tertiary/aromatic N) is 1. The van der Waals surface area contributed by atoms with Gasteiger partial charge in [-0.15, -0.1) is 0 Å². The average Bonchev–Trinajstić information content (AvgIpc) is 3.37. The second kappa shape index (κ2) is 10.6. The SMILES string of the molecule is C[C@@H](OC[C@@]1(c2ccccc2)CCC[C@H]2OC[C@@H](c3ccccc3)N21)c1cc(C(F)(F)F)cc(C(F)(F)F)c1. The number of hydrogen-bond acceptors (Lipinski definition) is 3. The van der Waals surface area contributed by atoms with Gasteiger partial charge in [-0.1, -0.05) is 60.7 Å². The summed E-state index contributed by atoms with van der Waals surface area (Å²) in [7, 11) is 0. The fourth-order valence-corrected chi connectivity index (χ4v) is 5.83. The van der Waals surface area contributed by atoms with Crippen LogP contribution < -0.4 is 0 Å². The minimum atomic E-state index is -4.92. The molecule has 4 atom stereocenters. The molecule has 0 aliphatic carbocycles. The number of ether oxygens (including phenoxy) is 2. The van der Waals surface area contributed by atoms with Crippen molar-refractivity contribution >= 4 is 0 Å². The van der Waals surface area contributed by atoms with Gasteiger partial charge < -0.3 is 9.47 Å². The molecule has 3 nitrogen and oxygen atoms in total. The van der Waals surface area contributed by atoms with Gasteiger partial charge in [0.15, 0.2) is 0 Å². The van der Waals surface area contributed by atoms with Crippen LogP contribution in [0, 0.1) is 0 Å². The summed E-state index contributed by atoms with van der Waals surface area (Å²) in [6.07, 6.45) is -8.71. The van der Waals surface area contributed by atoms with Crippen LogP contribution in [0.5, 0.6) is 0 Å². The second-order valence-corrected chi connectivity index (χ2v) is 10.2. The van der Waals surface area contributed by atoms with Crippen molar-refractivity contribution in [3.05, 3.63) is 107 Å². The Balaban J connectivity index is 1.51. The quantitative estimate of drug-likeness (QED) is 0.289. The summed E-state index contributed by atoms with van der Waals surface area (Å²) in [5.74, 6) is 0. The lowest BCUT2D eigenvalue weighted by Gasteiger charge is -2.50. The Bertz CT molecular complexity index is 1230. The van der Waals surface area contributed by atoms with Crippen LogP contribution in [0.15, 0.2) is 78.9 Å². The third-order valence-electron chi connectivity index (χ3n) is 7.78. The van der Waals surface area contributed by atoms with Crippen LogP contribution in [-0.2, 0) is 27.4 Å². The Hall–Kier alpha value is -2.88. The smallest absolute Gasteiger partial charge is 0.372 e. The van der Waals surface area contributed by atoms with Crippen molar-refractivity contribution in [2.75, 3.05) is 13.2 Å². The van der Waals surface area contributed by atoms with Gasteiger partial charge in [-0.05, 0) is 61.1 Å². The Morgan fingerprint density at radius 1 is 0.897 bits per heavy atom. The highest BCUT2D eigenvalue weighted by molar-refractivity contribution is 5.35. The van der Waals surface area contributed by atoms with Crippen molar-refractivity contribution in [1.82, 2.24) is 4.90 Å². The van der Waals surface area contributed by atoms with Gasteiger partial charge in [0.2, 0.25) is 0 Å². The minimum Gasteiger partial charge on any atom is -0.372 e. The number of fused-ring (bicyclic) bond motifs is 1. The van der Waals surface area contributed by atoms with Crippen LogP contribution in [0.1, 0.15) is 66.1 Å². The fourth-order valence-electron chi connectivity index (χ4n) is 5.83. The molecule has 0 amide bonds. The van der Waals surface area contributed by atoms with E-state index in [4.69, 9.17) is 9.47 Å². The van der Waals surface area contributed by atoms with Crippen molar-refractivity contribution in [3.63, 3.8) is 0 Å². The number of rotatable bonds is 6. The molecule has 3 aromatic rings. The normalized spacial score (nSPS) is 24.9. The van der Waals surface area contributed by atoms with E-state index in [1.54, 1.807) is 0 Å². The number of benzene rings is 3.